The van der Waals surface area contributed by atoms with Crippen LogP contribution in [0.2, 0.25) is 0 Å². The van der Waals surface area contributed by atoms with Gasteiger partial charge in [0.1, 0.15) is 11.4 Å². The largest absolute Gasteiger partial charge is 0.380 e. The van der Waals surface area contributed by atoms with Gasteiger partial charge in [0.2, 0.25) is 5.91 Å². The van der Waals surface area contributed by atoms with E-state index in [1.165, 1.54) is 12.1 Å². The Labute approximate surface area is 206 Å². The summed E-state index contributed by atoms with van der Waals surface area (Å²) in [6, 6.07) is 15.9. The van der Waals surface area contributed by atoms with Crippen molar-refractivity contribution in [3.05, 3.63) is 71.5 Å². The van der Waals surface area contributed by atoms with E-state index in [4.69, 9.17) is 0 Å². The molecule has 0 spiro atoms. The molecule has 7 heteroatoms. The molecule has 2 aromatic rings. The topological polar surface area (TPSA) is 81.7 Å². The van der Waals surface area contributed by atoms with Crippen molar-refractivity contribution < 1.29 is 19.1 Å². The number of aliphatic hydroxyl groups is 1. The number of amides is 2. The monoisotopic (exact) mass is 481 g/mol. The minimum absolute atomic E-state index is 0.0494. The van der Waals surface area contributed by atoms with Crippen LogP contribution in [0.3, 0.4) is 0 Å². The minimum Gasteiger partial charge on any atom is -0.380 e. The Bertz CT molecular complexity index is 986. The fourth-order valence-corrected chi connectivity index (χ4v) is 5.20. The number of hydrogen-bond donors (Lipinski definition) is 3. The van der Waals surface area contributed by atoms with E-state index in [1.54, 1.807) is 6.07 Å². The second kappa shape index (κ2) is 11.8. The molecule has 1 heterocycles. The lowest BCUT2D eigenvalue weighted by atomic mass is 9.97. The van der Waals surface area contributed by atoms with Gasteiger partial charge < -0.3 is 20.6 Å². The first-order valence-corrected chi connectivity index (χ1v) is 12.8. The van der Waals surface area contributed by atoms with Crippen molar-refractivity contribution >= 4 is 11.8 Å². The van der Waals surface area contributed by atoms with Crippen molar-refractivity contribution in [2.75, 3.05) is 19.6 Å². The van der Waals surface area contributed by atoms with Crippen molar-refractivity contribution in [2.45, 2.75) is 69.1 Å². The Morgan fingerprint density at radius 3 is 2.46 bits per heavy atom. The molecule has 1 aliphatic carbocycles. The summed E-state index contributed by atoms with van der Waals surface area (Å²) in [5.74, 6) is -0.647. The van der Waals surface area contributed by atoms with Crippen LogP contribution in [0.5, 0.6) is 0 Å². The summed E-state index contributed by atoms with van der Waals surface area (Å²) in [5.41, 5.74) is 0.403. The molecule has 0 unspecified atom stereocenters. The van der Waals surface area contributed by atoms with Gasteiger partial charge in [0, 0.05) is 25.7 Å². The van der Waals surface area contributed by atoms with Crippen LogP contribution in [0.4, 0.5) is 4.39 Å². The number of likely N-dealkylation sites (tertiary alicyclic amines) is 1. The van der Waals surface area contributed by atoms with Gasteiger partial charge in [-0.15, -0.1) is 0 Å². The Balaban J connectivity index is 1.28. The highest BCUT2D eigenvalue weighted by Crippen LogP contribution is 2.31. The van der Waals surface area contributed by atoms with Crippen LogP contribution in [0.15, 0.2) is 54.6 Å². The Morgan fingerprint density at radius 1 is 1.06 bits per heavy atom. The third-order valence-corrected chi connectivity index (χ3v) is 7.30. The Morgan fingerprint density at radius 2 is 1.77 bits per heavy atom. The highest BCUT2D eigenvalue weighted by atomic mass is 19.1. The van der Waals surface area contributed by atoms with Crippen molar-refractivity contribution in [1.82, 2.24) is 15.5 Å². The smallest absolute Gasteiger partial charge is 0.252 e. The van der Waals surface area contributed by atoms with Gasteiger partial charge in [-0.1, -0.05) is 42.5 Å². The zero-order chi connectivity index (χ0) is 24.7. The number of carbonyl (C=O) groups excluding carboxylic acids is 2. The summed E-state index contributed by atoms with van der Waals surface area (Å²) in [4.78, 5) is 27.6. The standard InChI is InChI=1S/C28H36FN3O3/c29-23-10-6-9-22(20-23)25(31-27(34)28(35)14-4-5-15-28)13-18-32-16-11-24(12-17-32)30-26(33)19-21-7-2-1-3-8-21/h1-3,6-10,20,24-25,35H,4-5,11-19H2,(H,30,33)(H,31,34)/t25-/m0/s1. The van der Waals surface area contributed by atoms with Crippen LogP contribution in [-0.2, 0) is 16.0 Å². The van der Waals surface area contributed by atoms with Crippen LogP contribution in [0.1, 0.15) is 62.1 Å². The van der Waals surface area contributed by atoms with Gasteiger partial charge in [-0.25, -0.2) is 4.39 Å². The second-order valence-corrected chi connectivity index (χ2v) is 9.95. The summed E-state index contributed by atoms with van der Waals surface area (Å²) in [7, 11) is 0. The Kier molecular flexibility index (Phi) is 8.52. The number of carbonyl (C=O) groups is 2. The zero-order valence-corrected chi connectivity index (χ0v) is 20.2. The van der Waals surface area contributed by atoms with Crippen molar-refractivity contribution in [2.24, 2.45) is 0 Å². The molecule has 0 radical (unpaired) electrons. The number of piperidine rings is 1. The van der Waals surface area contributed by atoms with Gasteiger partial charge in [-0.3, -0.25) is 9.59 Å². The van der Waals surface area contributed by atoms with Gasteiger partial charge in [0.05, 0.1) is 12.5 Å². The van der Waals surface area contributed by atoms with E-state index in [-0.39, 0.29) is 29.7 Å². The molecule has 35 heavy (non-hydrogen) atoms. The maximum Gasteiger partial charge on any atom is 0.252 e. The number of nitrogens with zero attached hydrogens (tertiary/aromatic N) is 1. The highest BCUT2D eigenvalue weighted by molar-refractivity contribution is 5.85. The second-order valence-electron chi connectivity index (χ2n) is 9.95. The van der Waals surface area contributed by atoms with E-state index in [0.717, 1.165) is 50.9 Å². The van der Waals surface area contributed by atoms with Gasteiger partial charge in [0.15, 0.2) is 0 Å². The fourth-order valence-electron chi connectivity index (χ4n) is 5.20. The molecule has 1 saturated heterocycles. The number of nitrogens with one attached hydrogen (secondary N) is 2. The van der Waals surface area contributed by atoms with E-state index in [0.29, 0.717) is 31.2 Å². The highest BCUT2D eigenvalue weighted by Gasteiger charge is 2.39. The van der Waals surface area contributed by atoms with Gasteiger partial charge >= 0.3 is 0 Å². The average molecular weight is 482 g/mol. The van der Waals surface area contributed by atoms with E-state index in [1.807, 2.05) is 36.4 Å². The SMILES string of the molecule is O=C(Cc1ccccc1)NC1CCN(CC[C@H](NC(=O)C2(O)CCCC2)c2cccc(F)c2)CC1. The van der Waals surface area contributed by atoms with Gasteiger partial charge in [-0.2, -0.15) is 0 Å². The van der Waals surface area contributed by atoms with E-state index < -0.39 is 5.60 Å². The summed E-state index contributed by atoms with van der Waals surface area (Å²) < 4.78 is 13.9. The molecule has 2 amide bonds. The number of benzene rings is 2. The molecule has 2 aromatic carbocycles. The van der Waals surface area contributed by atoms with E-state index in [2.05, 4.69) is 15.5 Å². The predicted octanol–water partition coefficient (Wildman–Crippen LogP) is 3.50. The molecular weight excluding hydrogens is 445 g/mol. The van der Waals surface area contributed by atoms with Crippen LogP contribution < -0.4 is 10.6 Å². The molecular formula is C28H36FN3O3. The predicted molar refractivity (Wildman–Crippen MR) is 133 cm³/mol. The lowest BCUT2D eigenvalue weighted by Crippen LogP contribution is -2.47. The molecule has 4 rings (SSSR count). The van der Waals surface area contributed by atoms with Gasteiger partial charge in [0.25, 0.3) is 5.91 Å². The molecule has 6 nitrogen and oxygen atoms in total. The normalized spacial score (nSPS) is 19.3. The maximum atomic E-state index is 13.9. The zero-order valence-electron chi connectivity index (χ0n) is 20.2. The summed E-state index contributed by atoms with van der Waals surface area (Å²) in [6.07, 6.45) is 5.38. The van der Waals surface area contributed by atoms with Crippen molar-refractivity contribution in [3.8, 4) is 0 Å². The molecule has 2 aliphatic rings. The quantitative estimate of drug-likeness (QED) is 0.512. The summed E-state index contributed by atoms with van der Waals surface area (Å²) >= 11 is 0. The number of rotatable bonds is 9. The maximum absolute atomic E-state index is 13.9. The molecule has 0 bridgehead atoms. The van der Waals surface area contributed by atoms with Crippen LogP contribution in [0.25, 0.3) is 0 Å². The third-order valence-electron chi connectivity index (χ3n) is 7.30. The lowest BCUT2D eigenvalue weighted by Gasteiger charge is -2.34. The fraction of sp³-hybridized carbons (Fsp3) is 0.500. The summed E-state index contributed by atoms with van der Waals surface area (Å²) in [5, 5.41) is 16.8. The first-order chi connectivity index (χ1) is 16.9. The van der Waals surface area contributed by atoms with Crippen LogP contribution in [-0.4, -0.2) is 53.1 Å². The first kappa shape index (κ1) is 25.3. The molecule has 0 aromatic heterocycles. The van der Waals surface area contributed by atoms with Crippen molar-refractivity contribution in [1.29, 1.82) is 0 Å². The molecule has 1 aliphatic heterocycles. The third kappa shape index (κ3) is 7.12. The molecule has 188 valence electrons. The van der Waals surface area contributed by atoms with Crippen LogP contribution in [0, 0.1) is 5.82 Å². The first-order valence-electron chi connectivity index (χ1n) is 12.8. The lowest BCUT2D eigenvalue weighted by molar-refractivity contribution is -0.140. The summed E-state index contributed by atoms with van der Waals surface area (Å²) in [6.45, 7) is 2.44. The minimum atomic E-state index is -1.32. The van der Waals surface area contributed by atoms with Gasteiger partial charge in [-0.05, 0) is 68.2 Å². The number of halogens is 1. The average Bonchev–Trinajstić information content (AvgIpc) is 3.31. The molecule has 1 saturated carbocycles. The molecule has 3 N–H and O–H groups in total. The number of hydrogen-bond acceptors (Lipinski definition) is 4. The van der Waals surface area contributed by atoms with Crippen molar-refractivity contribution in [3.63, 3.8) is 0 Å². The molecule has 1 atom stereocenters. The van der Waals surface area contributed by atoms with E-state index >= 15 is 0 Å². The van der Waals surface area contributed by atoms with Crippen LogP contribution >= 0.6 is 0 Å². The Hall–Kier alpha value is -2.77. The van der Waals surface area contributed by atoms with E-state index in [9.17, 15) is 19.1 Å². The molecule has 2 fully saturated rings.